The molecule has 9 heteroatoms. The summed E-state index contributed by atoms with van der Waals surface area (Å²) in [5.74, 6) is -0.475. The van der Waals surface area contributed by atoms with Crippen LogP contribution in [0, 0.1) is 12.8 Å². The SMILES string of the molecule is Cc1cccc(CN(C(=O)CN(c2ccc(Br)cc2)S(C)(=O)=O)[C@@H](C)C(=O)NCC(C)C)c1. The van der Waals surface area contributed by atoms with Gasteiger partial charge in [0.1, 0.15) is 12.6 Å². The molecule has 1 atom stereocenters. The molecule has 0 unspecified atom stereocenters. The largest absolute Gasteiger partial charge is 0.354 e. The van der Waals surface area contributed by atoms with Crippen molar-refractivity contribution in [2.75, 3.05) is 23.7 Å². The fourth-order valence-corrected chi connectivity index (χ4v) is 4.38. The first-order valence-electron chi connectivity index (χ1n) is 10.7. The minimum absolute atomic E-state index is 0.189. The van der Waals surface area contributed by atoms with E-state index in [0.29, 0.717) is 12.2 Å². The summed E-state index contributed by atoms with van der Waals surface area (Å²) >= 11 is 3.33. The minimum atomic E-state index is -3.74. The predicted molar refractivity (Wildman–Crippen MR) is 135 cm³/mol. The lowest BCUT2D eigenvalue weighted by molar-refractivity contribution is -0.139. The molecule has 2 rings (SSSR count). The topological polar surface area (TPSA) is 86.8 Å². The normalized spacial score (nSPS) is 12.3. The minimum Gasteiger partial charge on any atom is -0.354 e. The second-order valence-electron chi connectivity index (χ2n) is 8.57. The van der Waals surface area contributed by atoms with Gasteiger partial charge in [-0.25, -0.2) is 8.42 Å². The zero-order chi connectivity index (χ0) is 24.8. The number of halogens is 1. The zero-order valence-electron chi connectivity index (χ0n) is 19.7. The van der Waals surface area contributed by atoms with Gasteiger partial charge in [-0.1, -0.05) is 59.6 Å². The Labute approximate surface area is 205 Å². The van der Waals surface area contributed by atoms with Crippen molar-refractivity contribution in [3.63, 3.8) is 0 Å². The highest BCUT2D eigenvalue weighted by molar-refractivity contribution is 9.10. The summed E-state index contributed by atoms with van der Waals surface area (Å²) in [7, 11) is -3.74. The molecule has 0 bridgehead atoms. The van der Waals surface area contributed by atoms with E-state index in [1.165, 1.54) is 4.90 Å². The molecule has 0 aliphatic carbocycles. The third-order valence-electron chi connectivity index (χ3n) is 5.08. The summed E-state index contributed by atoms with van der Waals surface area (Å²) in [5, 5.41) is 2.87. The number of nitrogens with zero attached hydrogens (tertiary/aromatic N) is 2. The van der Waals surface area contributed by atoms with Crippen molar-refractivity contribution in [3.8, 4) is 0 Å². The molecule has 1 N–H and O–H groups in total. The molecule has 0 aromatic heterocycles. The van der Waals surface area contributed by atoms with Crippen LogP contribution < -0.4 is 9.62 Å². The van der Waals surface area contributed by atoms with E-state index < -0.39 is 28.5 Å². The molecule has 0 spiro atoms. The van der Waals surface area contributed by atoms with Gasteiger partial charge in [0.25, 0.3) is 0 Å². The molecular formula is C24H32BrN3O4S. The number of aryl methyl sites for hydroxylation is 1. The predicted octanol–water partition coefficient (Wildman–Crippen LogP) is 3.71. The summed E-state index contributed by atoms with van der Waals surface area (Å²) in [6, 6.07) is 13.6. The highest BCUT2D eigenvalue weighted by Gasteiger charge is 2.30. The number of amides is 2. The summed E-state index contributed by atoms with van der Waals surface area (Å²) in [6.45, 7) is 7.86. The van der Waals surface area contributed by atoms with Crippen LogP contribution >= 0.6 is 15.9 Å². The number of benzene rings is 2. The standard InChI is InChI=1S/C24H32BrN3O4S/c1-17(2)14-26-24(30)19(4)27(15-20-8-6-7-18(3)13-20)23(29)16-28(33(5,31)32)22-11-9-21(25)10-12-22/h6-13,17,19H,14-16H2,1-5H3,(H,26,30)/t19-/m0/s1. The Kier molecular flexibility index (Phi) is 9.48. The summed E-state index contributed by atoms with van der Waals surface area (Å²) in [4.78, 5) is 27.7. The second kappa shape index (κ2) is 11.7. The van der Waals surface area contributed by atoms with E-state index in [1.54, 1.807) is 31.2 Å². The molecule has 0 aliphatic heterocycles. The maximum absolute atomic E-state index is 13.4. The van der Waals surface area contributed by atoms with E-state index in [1.807, 2.05) is 45.0 Å². The van der Waals surface area contributed by atoms with Crippen LogP contribution in [0.5, 0.6) is 0 Å². The van der Waals surface area contributed by atoms with Crippen LogP contribution in [0.3, 0.4) is 0 Å². The Morgan fingerprint density at radius 2 is 1.70 bits per heavy atom. The van der Waals surface area contributed by atoms with Gasteiger partial charge in [-0.2, -0.15) is 0 Å². The van der Waals surface area contributed by atoms with Crippen molar-refractivity contribution < 1.29 is 18.0 Å². The van der Waals surface area contributed by atoms with Gasteiger partial charge >= 0.3 is 0 Å². The molecule has 180 valence electrons. The molecule has 0 aliphatic rings. The second-order valence-corrected chi connectivity index (χ2v) is 11.4. The summed E-state index contributed by atoms with van der Waals surface area (Å²) in [6.07, 6.45) is 1.06. The Bertz CT molecular complexity index is 1070. The average molecular weight is 539 g/mol. The van der Waals surface area contributed by atoms with Gasteiger partial charge in [0.05, 0.1) is 11.9 Å². The number of rotatable bonds is 10. The first-order valence-corrected chi connectivity index (χ1v) is 13.4. The molecule has 0 radical (unpaired) electrons. The lowest BCUT2D eigenvalue weighted by Crippen LogP contribution is -2.51. The summed E-state index contributed by atoms with van der Waals surface area (Å²) in [5.41, 5.74) is 2.27. The van der Waals surface area contributed by atoms with Gasteiger partial charge in [0, 0.05) is 17.6 Å². The van der Waals surface area contributed by atoms with E-state index in [0.717, 1.165) is 26.2 Å². The molecule has 33 heavy (non-hydrogen) atoms. The highest BCUT2D eigenvalue weighted by Crippen LogP contribution is 2.21. The van der Waals surface area contributed by atoms with Gasteiger partial charge in [-0.05, 0) is 49.6 Å². The van der Waals surface area contributed by atoms with Crippen LogP contribution in [0.4, 0.5) is 5.69 Å². The van der Waals surface area contributed by atoms with E-state index in [9.17, 15) is 18.0 Å². The summed E-state index contributed by atoms with van der Waals surface area (Å²) < 4.78 is 26.9. The number of anilines is 1. The van der Waals surface area contributed by atoms with Crippen LogP contribution in [-0.2, 0) is 26.2 Å². The number of hydrogen-bond donors (Lipinski definition) is 1. The van der Waals surface area contributed by atoms with Gasteiger partial charge < -0.3 is 10.2 Å². The first-order chi connectivity index (χ1) is 15.4. The highest BCUT2D eigenvalue weighted by atomic mass is 79.9. The van der Waals surface area contributed by atoms with Crippen LogP contribution in [0.15, 0.2) is 53.0 Å². The molecule has 2 aromatic carbocycles. The third kappa shape index (κ3) is 8.16. The lowest BCUT2D eigenvalue weighted by Gasteiger charge is -2.31. The van der Waals surface area contributed by atoms with Crippen molar-refractivity contribution in [2.45, 2.75) is 40.3 Å². The van der Waals surface area contributed by atoms with E-state index >= 15 is 0 Å². The number of carbonyl (C=O) groups excluding carboxylic acids is 2. The number of hydrogen-bond acceptors (Lipinski definition) is 4. The monoisotopic (exact) mass is 537 g/mol. The van der Waals surface area contributed by atoms with Crippen molar-refractivity contribution >= 4 is 43.5 Å². The maximum atomic E-state index is 13.4. The van der Waals surface area contributed by atoms with Crippen LogP contribution in [0.2, 0.25) is 0 Å². The van der Waals surface area contributed by atoms with Crippen molar-refractivity contribution in [3.05, 3.63) is 64.1 Å². The van der Waals surface area contributed by atoms with Crippen molar-refractivity contribution in [1.82, 2.24) is 10.2 Å². The molecule has 0 saturated heterocycles. The van der Waals surface area contributed by atoms with E-state index in [2.05, 4.69) is 21.2 Å². The Morgan fingerprint density at radius 1 is 1.06 bits per heavy atom. The van der Waals surface area contributed by atoms with Crippen LogP contribution in [0.25, 0.3) is 0 Å². The third-order valence-corrected chi connectivity index (χ3v) is 6.75. The zero-order valence-corrected chi connectivity index (χ0v) is 22.1. The van der Waals surface area contributed by atoms with Gasteiger partial charge in [-0.15, -0.1) is 0 Å². The molecule has 0 fully saturated rings. The molecule has 0 heterocycles. The van der Waals surface area contributed by atoms with Crippen LogP contribution in [-0.4, -0.2) is 50.5 Å². The quantitative estimate of drug-likeness (QED) is 0.500. The van der Waals surface area contributed by atoms with Crippen LogP contribution in [0.1, 0.15) is 31.9 Å². The maximum Gasteiger partial charge on any atom is 0.244 e. The smallest absolute Gasteiger partial charge is 0.244 e. The lowest BCUT2D eigenvalue weighted by atomic mass is 10.1. The van der Waals surface area contributed by atoms with Gasteiger partial charge in [-0.3, -0.25) is 13.9 Å². The van der Waals surface area contributed by atoms with E-state index in [4.69, 9.17) is 0 Å². The van der Waals surface area contributed by atoms with E-state index in [-0.39, 0.29) is 18.4 Å². The number of carbonyl (C=O) groups is 2. The Morgan fingerprint density at radius 3 is 2.24 bits per heavy atom. The van der Waals surface area contributed by atoms with Gasteiger partial charge in [0.15, 0.2) is 0 Å². The molecule has 0 saturated carbocycles. The first kappa shape index (κ1) is 26.9. The molecular weight excluding hydrogens is 506 g/mol. The fourth-order valence-electron chi connectivity index (χ4n) is 3.26. The Hall–Kier alpha value is -2.39. The number of nitrogens with one attached hydrogen (secondary N) is 1. The number of sulfonamides is 1. The molecule has 2 amide bonds. The average Bonchev–Trinajstić information content (AvgIpc) is 2.73. The molecule has 2 aromatic rings. The van der Waals surface area contributed by atoms with Gasteiger partial charge in [0.2, 0.25) is 21.8 Å². The fraction of sp³-hybridized carbons (Fsp3) is 0.417. The van der Waals surface area contributed by atoms with Crippen molar-refractivity contribution in [1.29, 1.82) is 0 Å². The van der Waals surface area contributed by atoms with Crippen molar-refractivity contribution in [2.24, 2.45) is 5.92 Å². The molecule has 7 nitrogen and oxygen atoms in total. The Balaban J connectivity index is 2.35.